The van der Waals surface area contributed by atoms with Crippen molar-refractivity contribution in [1.82, 2.24) is 9.80 Å². The second kappa shape index (κ2) is 8.41. The predicted octanol–water partition coefficient (Wildman–Crippen LogP) is 2.38. The molecular formula is C22H31N3O3. The predicted molar refractivity (Wildman–Crippen MR) is 108 cm³/mol. The van der Waals surface area contributed by atoms with Gasteiger partial charge in [-0.2, -0.15) is 0 Å². The van der Waals surface area contributed by atoms with Gasteiger partial charge in [0.15, 0.2) is 0 Å². The van der Waals surface area contributed by atoms with Crippen LogP contribution in [0.3, 0.4) is 0 Å². The van der Waals surface area contributed by atoms with E-state index in [1.807, 2.05) is 34.9 Å². The van der Waals surface area contributed by atoms with E-state index in [-0.39, 0.29) is 17.7 Å². The maximum atomic E-state index is 13.0. The smallest absolute Gasteiger partial charge is 0.225 e. The molecule has 2 amide bonds. The SMILES string of the molecule is CCOc1ccccc1N1CCN(C(=O)C2CCN(C(=O)C3CC3)CC2)CC1. The van der Waals surface area contributed by atoms with Crippen LogP contribution in [0.4, 0.5) is 5.69 Å². The van der Waals surface area contributed by atoms with Gasteiger partial charge in [-0.15, -0.1) is 0 Å². The van der Waals surface area contributed by atoms with Crippen molar-refractivity contribution in [2.75, 3.05) is 50.8 Å². The molecule has 0 atom stereocenters. The summed E-state index contributed by atoms with van der Waals surface area (Å²) in [6.07, 6.45) is 3.72. The lowest BCUT2D eigenvalue weighted by Crippen LogP contribution is -2.52. The third kappa shape index (κ3) is 4.10. The second-order valence-corrected chi connectivity index (χ2v) is 8.09. The number of carbonyl (C=O) groups excluding carboxylic acids is 2. The van der Waals surface area contributed by atoms with Crippen LogP contribution in [0.15, 0.2) is 24.3 Å². The molecule has 0 aromatic heterocycles. The van der Waals surface area contributed by atoms with Gasteiger partial charge in [-0.25, -0.2) is 0 Å². The first-order valence-electron chi connectivity index (χ1n) is 10.7. The molecule has 2 aliphatic heterocycles. The van der Waals surface area contributed by atoms with Crippen LogP contribution < -0.4 is 9.64 Å². The van der Waals surface area contributed by atoms with Crippen molar-refractivity contribution in [3.8, 4) is 5.75 Å². The lowest BCUT2D eigenvalue weighted by Gasteiger charge is -2.39. The Hall–Kier alpha value is -2.24. The number of anilines is 1. The van der Waals surface area contributed by atoms with Gasteiger partial charge in [-0.1, -0.05) is 12.1 Å². The first-order valence-corrected chi connectivity index (χ1v) is 10.7. The number of nitrogens with zero attached hydrogens (tertiary/aromatic N) is 3. The summed E-state index contributed by atoms with van der Waals surface area (Å²) >= 11 is 0. The molecular weight excluding hydrogens is 354 g/mol. The zero-order valence-corrected chi connectivity index (χ0v) is 16.8. The van der Waals surface area contributed by atoms with Crippen LogP contribution in [0.5, 0.6) is 5.75 Å². The number of para-hydroxylation sites is 2. The fourth-order valence-electron chi connectivity index (χ4n) is 4.36. The number of hydrogen-bond donors (Lipinski definition) is 0. The van der Waals surface area contributed by atoms with E-state index in [9.17, 15) is 9.59 Å². The molecule has 2 saturated heterocycles. The summed E-state index contributed by atoms with van der Waals surface area (Å²) in [5.74, 6) is 1.85. The number of rotatable bonds is 5. The highest BCUT2D eigenvalue weighted by Gasteiger charge is 2.37. The number of piperidine rings is 1. The van der Waals surface area contributed by atoms with E-state index in [0.717, 1.165) is 76.4 Å². The zero-order valence-electron chi connectivity index (χ0n) is 16.8. The molecule has 0 unspecified atom stereocenters. The van der Waals surface area contributed by atoms with Crippen molar-refractivity contribution < 1.29 is 14.3 Å². The summed E-state index contributed by atoms with van der Waals surface area (Å²) in [6.45, 7) is 7.29. The van der Waals surface area contributed by atoms with Gasteiger partial charge >= 0.3 is 0 Å². The molecule has 1 aromatic rings. The zero-order chi connectivity index (χ0) is 19.5. The highest BCUT2D eigenvalue weighted by atomic mass is 16.5. The van der Waals surface area contributed by atoms with Crippen molar-refractivity contribution in [2.45, 2.75) is 32.6 Å². The van der Waals surface area contributed by atoms with Crippen LogP contribution >= 0.6 is 0 Å². The molecule has 28 heavy (non-hydrogen) atoms. The lowest BCUT2D eigenvalue weighted by molar-refractivity contribution is -0.141. The molecule has 4 rings (SSSR count). The fourth-order valence-corrected chi connectivity index (χ4v) is 4.36. The maximum absolute atomic E-state index is 13.0. The Morgan fingerprint density at radius 1 is 0.857 bits per heavy atom. The highest BCUT2D eigenvalue weighted by molar-refractivity contribution is 5.82. The molecule has 1 aromatic carbocycles. The number of ether oxygens (including phenoxy) is 1. The van der Waals surface area contributed by atoms with Gasteiger partial charge in [0.1, 0.15) is 5.75 Å². The topological polar surface area (TPSA) is 53.1 Å². The van der Waals surface area contributed by atoms with Crippen molar-refractivity contribution in [3.63, 3.8) is 0 Å². The standard InChI is InChI=1S/C22H31N3O3/c1-2-28-20-6-4-3-5-19(20)23-13-15-25(16-14-23)22(27)18-9-11-24(12-10-18)21(26)17-7-8-17/h3-6,17-18H,2,7-16H2,1H3. The number of hydrogen-bond acceptors (Lipinski definition) is 4. The molecule has 0 spiro atoms. The normalized spacial score (nSPS) is 21.0. The van der Waals surface area contributed by atoms with Crippen molar-refractivity contribution in [2.24, 2.45) is 11.8 Å². The molecule has 6 nitrogen and oxygen atoms in total. The number of piperazine rings is 1. The van der Waals surface area contributed by atoms with Crippen molar-refractivity contribution in [1.29, 1.82) is 0 Å². The van der Waals surface area contributed by atoms with Gasteiger partial charge < -0.3 is 19.4 Å². The van der Waals surface area contributed by atoms with E-state index in [1.165, 1.54) is 0 Å². The third-order valence-corrected chi connectivity index (χ3v) is 6.18. The molecule has 3 fully saturated rings. The molecule has 0 N–H and O–H groups in total. The number of likely N-dealkylation sites (tertiary alicyclic amines) is 1. The summed E-state index contributed by atoms with van der Waals surface area (Å²) < 4.78 is 5.76. The Kier molecular flexibility index (Phi) is 5.74. The van der Waals surface area contributed by atoms with E-state index < -0.39 is 0 Å². The van der Waals surface area contributed by atoms with E-state index in [4.69, 9.17) is 4.74 Å². The first-order chi connectivity index (χ1) is 13.7. The van der Waals surface area contributed by atoms with Crippen LogP contribution in [-0.4, -0.2) is 67.5 Å². The molecule has 1 aliphatic carbocycles. The number of benzene rings is 1. The van der Waals surface area contributed by atoms with Gasteiger partial charge in [0.05, 0.1) is 12.3 Å². The van der Waals surface area contributed by atoms with Crippen LogP contribution in [-0.2, 0) is 9.59 Å². The lowest BCUT2D eigenvalue weighted by atomic mass is 9.94. The molecule has 152 valence electrons. The third-order valence-electron chi connectivity index (χ3n) is 6.18. The minimum absolute atomic E-state index is 0.0746. The average Bonchev–Trinajstić information content (AvgIpc) is 3.59. The molecule has 2 heterocycles. The molecule has 6 heteroatoms. The van der Waals surface area contributed by atoms with Crippen molar-refractivity contribution >= 4 is 17.5 Å². The minimum Gasteiger partial charge on any atom is -0.492 e. The summed E-state index contributed by atoms with van der Waals surface area (Å²) in [4.78, 5) is 31.5. The van der Waals surface area contributed by atoms with Crippen LogP contribution in [0.25, 0.3) is 0 Å². The summed E-state index contributed by atoms with van der Waals surface area (Å²) in [5, 5.41) is 0. The summed E-state index contributed by atoms with van der Waals surface area (Å²) in [7, 11) is 0. The van der Waals surface area contributed by atoms with Crippen LogP contribution in [0.1, 0.15) is 32.6 Å². The monoisotopic (exact) mass is 385 g/mol. The van der Waals surface area contributed by atoms with E-state index >= 15 is 0 Å². The maximum Gasteiger partial charge on any atom is 0.225 e. The van der Waals surface area contributed by atoms with E-state index in [2.05, 4.69) is 11.0 Å². The van der Waals surface area contributed by atoms with E-state index in [1.54, 1.807) is 0 Å². The Bertz CT molecular complexity index is 703. The Balaban J connectivity index is 1.28. The quantitative estimate of drug-likeness (QED) is 0.781. The molecule has 0 radical (unpaired) electrons. The Labute approximate surface area is 167 Å². The van der Waals surface area contributed by atoms with Gasteiger partial charge in [0, 0.05) is 51.1 Å². The molecule has 3 aliphatic rings. The summed E-state index contributed by atoms with van der Waals surface area (Å²) in [6, 6.07) is 8.13. The Morgan fingerprint density at radius 2 is 1.43 bits per heavy atom. The second-order valence-electron chi connectivity index (χ2n) is 8.09. The average molecular weight is 386 g/mol. The largest absolute Gasteiger partial charge is 0.492 e. The minimum atomic E-state index is 0.0746. The number of carbonyl (C=O) groups is 2. The highest BCUT2D eigenvalue weighted by Crippen LogP contribution is 2.33. The fraction of sp³-hybridized carbons (Fsp3) is 0.636. The van der Waals surface area contributed by atoms with Crippen LogP contribution in [0, 0.1) is 11.8 Å². The Morgan fingerprint density at radius 3 is 2.04 bits per heavy atom. The molecule has 0 bridgehead atoms. The molecule has 1 saturated carbocycles. The first kappa shape index (κ1) is 19.1. The van der Waals surface area contributed by atoms with Crippen molar-refractivity contribution in [3.05, 3.63) is 24.3 Å². The number of amides is 2. The van der Waals surface area contributed by atoms with Gasteiger partial charge in [0.2, 0.25) is 11.8 Å². The van der Waals surface area contributed by atoms with Gasteiger partial charge in [-0.3, -0.25) is 9.59 Å². The van der Waals surface area contributed by atoms with E-state index in [0.29, 0.717) is 12.5 Å². The van der Waals surface area contributed by atoms with Gasteiger partial charge in [-0.05, 0) is 44.7 Å². The van der Waals surface area contributed by atoms with Crippen LogP contribution in [0.2, 0.25) is 0 Å². The summed E-state index contributed by atoms with van der Waals surface area (Å²) in [5.41, 5.74) is 1.11. The van der Waals surface area contributed by atoms with Gasteiger partial charge in [0.25, 0.3) is 0 Å².